The van der Waals surface area contributed by atoms with Gasteiger partial charge in [-0.25, -0.2) is 9.18 Å². The van der Waals surface area contributed by atoms with Crippen LogP contribution in [-0.2, 0) is 16.0 Å². The summed E-state index contributed by atoms with van der Waals surface area (Å²) in [6, 6.07) is 13.8. The second kappa shape index (κ2) is 9.04. The molecule has 0 aromatic heterocycles. The number of rotatable bonds is 3. The van der Waals surface area contributed by atoms with Gasteiger partial charge in [-0.2, -0.15) is 13.2 Å². The zero-order valence-corrected chi connectivity index (χ0v) is 15.4. The average Bonchev–Trinajstić information content (AvgIpc) is 2.96. The van der Waals surface area contributed by atoms with Crippen molar-refractivity contribution in [3.8, 4) is 0 Å². The van der Waals surface area contributed by atoms with Gasteiger partial charge in [0.25, 0.3) is 0 Å². The van der Waals surface area contributed by atoms with Crippen LogP contribution in [0, 0.1) is 5.82 Å². The number of nitrogens with two attached hydrogens (primary N) is 1. The van der Waals surface area contributed by atoms with Gasteiger partial charge in [0.1, 0.15) is 5.82 Å². The summed E-state index contributed by atoms with van der Waals surface area (Å²) >= 11 is 0. The van der Waals surface area contributed by atoms with E-state index < -0.39 is 18.1 Å². The lowest BCUT2D eigenvalue weighted by molar-refractivity contribution is -0.192. The molecule has 5 nitrogen and oxygen atoms in total. The summed E-state index contributed by atoms with van der Waals surface area (Å²) in [7, 11) is 0. The molecule has 0 fully saturated rings. The molecular weight excluding hydrogens is 392 g/mol. The highest BCUT2D eigenvalue weighted by atomic mass is 19.4. The highest BCUT2D eigenvalue weighted by Crippen LogP contribution is 2.30. The van der Waals surface area contributed by atoms with E-state index in [-0.39, 0.29) is 23.8 Å². The Labute approximate surface area is 164 Å². The molecule has 2 aromatic carbocycles. The van der Waals surface area contributed by atoms with Crippen LogP contribution in [0.3, 0.4) is 0 Å². The third-order valence-electron chi connectivity index (χ3n) is 4.60. The normalized spacial score (nSPS) is 18.8. The van der Waals surface area contributed by atoms with Crippen molar-refractivity contribution in [2.45, 2.75) is 37.5 Å². The maximum atomic E-state index is 13.3. The molecule has 0 saturated heterocycles. The Morgan fingerprint density at radius 3 is 2.34 bits per heavy atom. The van der Waals surface area contributed by atoms with Crippen molar-refractivity contribution >= 4 is 11.9 Å². The van der Waals surface area contributed by atoms with Gasteiger partial charge < -0.3 is 16.2 Å². The van der Waals surface area contributed by atoms with Crippen molar-refractivity contribution in [1.29, 1.82) is 0 Å². The highest BCUT2D eigenvalue weighted by molar-refractivity contribution is 5.83. The van der Waals surface area contributed by atoms with Crippen LogP contribution >= 0.6 is 0 Å². The van der Waals surface area contributed by atoms with Gasteiger partial charge in [0.15, 0.2) is 0 Å². The monoisotopic (exact) mass is 412 g/mol. The summed E-state index contributed by atoms with van der Waals surface area (Å²) in [6.07, 6.45) is -4.35. The van der Waals surface area contributed by atoms with Crippen LogP contribution in [0.5, 0.6) is 0 Å². The largest absolute Gasteiger partial charge is 0.490 e. The summed E-state index contributed by atoms with van der Waals surface area (Å²) < 4.78 is 45.0. The van der Waals surface area contributed by atoms with E-state index in [9.17, 15) is 22.4 Å². The van der Waals surface area contributed by atoms with Crippen molar-refractivity contribution in [3.63, 3.8) is 0 Å². The summed E-state index contributed by atoms with van der Waals surface area (Å²) in [4.78, 5) is 21.3. The maximum absolute atomic E-state index is 13.3. The fourth-order valence-electron chi connectivity index (χ4n) is 3.00. The predicted octanol–water partition coefficient (Wildman–Crippen LogP) is 3.30. The molecule has 3 rings (SSSR count). The van der Waals surface area contributed by atoms with Crippen molar-refractivity contribution < 1.29 is 32.3 Å². The first-order valence-corrected chi connectivity index (χ1v) is 8.70. The lowest BCUT2D eigenvalue weighted by Crippen LogP contribution is -2.42. The number of halogens is 4. The van der Waals surface area contributed by atoms with Gasteiger partial charge in [0.05, 0.1) is 18.0 Å². The third kappa shape index (κ3) is 5.77. The van der Waals surface area contributed by atoms with Gasteiger partial charge in [0.2, 0.25) is 5.91 Å². The van der Waals surface area contributed by atoms with Crippen LogP contribution in [0.25, 0.3) is 0 Å². The Bertz CT molecular complexity index is 886. The van der Waals surface area contributed by atoms with Crippen molar-refractivity contribution in [3.05, 3.63) is 71.0 Å². The number of carboxylic acid groups (broad SMARTS) is 1. The first-order chi connectivity index (χ1) is 13.5. The summed E-state index contributed by atoms with van der Waals surface area (Å²) in [6.45, 7) is 1.78. The molecule has 1 amide bonds. The Hall–Kier alpha value is -2.94. The van der Waals surface area contributed by atoms with E-state index in [1.807, 2.05) is 24.3 Å². The van der Waals surface area contributed by atoms with Crippen LogP contribution in [-0.4, -0.2) is 29.2 Å². The number of carboxylic acids is 1. The molecule has 9 heteroatoms. The van der Waals surface area contributed by atoms with E-state index in [2.05, 4.69) is 5.32 Å². The molecule has 0 saturated carbocycles. The van der Waals surface area contributed by atoms with Crippen LogP contribution < -0.4 is 11.1 Å². The molecule has 1 aliphatic rings. The molecule has 3 atom stereocenters. The summed E-state index contributed by atoms with van der Waals surface area (Å²) in [5.41, 5.74) is 9.16. The molecule has 0 heterocycles. The van der Waals surface area contributed by atoms with Crippen LogP contribution in [0.2, 0.25) is 0 Å². The molecule has 29 heavy (non-hydrogen) atoms. The molecule has 0 bridgehead atoms. The van der Waals surface area contributed by atoms with Crippen LogP contribution in [0.1, 0.15) is 35.6 Å². The number of amides is 1. The molecule has 1 aliphatic carbocycles. The van der Waals surface area contributed by atoms with E-state index in [4.69, 9.17) is 15.6 Å². The lowest BCUT2D eigenvalue weighted by Gasteiger charge is -2.21. The number of hydrogen-bond acceptors (Lipinski definition) is 3. The molecular formula is C20H20F4N2O3. The molecule has 0 spiro atoms. The number of hydrogen-bond donors (Lipinski definition) is 3. The highest BCUT2D eigenvalue weighted by Gasteiger charge is 2.38. The SMILES string of the molecule is CC(C(=O)N[C@@H]1Cc2ccccc2[C@H]1N)c1cccc(F)c1.O=C(O)C(F)(F)F. The molecule has 0 radical (unpaired) electrons. The third-order valence-corrected chi connectivity index (χ3v) is 4.60. The van der Waals surface area contributed by atoms with E-state index in [0.717, 1.165) is 12.0 Å². The van der Waals surface area contributed by atoms with Gasteiger partial charge in [0, 0.05) is 0 Å². The van der Waals surface area contributed by atoms with Gasteiger partial charge >= 0.3 is 12.1 Å². The lowest BCUT2D eigenvalue weighted by atomic mass is 9.99. The average molecular weight is 412 g/mol. The van der Waals surface area contributed by atoms with E-state index in [0.29, 0.717) is 5.56 Å². The summed E-state index contributed by atoms with van der Waals surface area (Å²) in [5, 5.41) is 10.1. The zero-order valence-electron chi connectivity index (χ0n) is 15.4. The Morgan fingerprint density at radius 2 is 1.79 bits per heavy atom. The first-order valence-electron chi connectivity index (χ1n) is 8.70. The Kier molecular flexibility index (Phi) is 6.97. The maximum Gasteiger partial charge on any atom is 0.490 e. The second-order valence-electron chi connectivity index (χ2n) is 6.62. The fourth-order valence-corrected chi connectivity index (χ4v) is 3.00. The topological polar surface area (TPSA) is 92.4 Å². The van der Waals surface area contributed by atoms with E-state index in [1.165, 1.54) is 17.7 Å². The number of aliphatic carboxylic acids is 1. The van der Waals surface area contributed by atoms with Crippen molar-refractivity contribution in [1.82, 2.24) is 5.32 Å². The van der Waals surface area contributed by atoms with Gasteiger partial charge in [-0.1, -0.05) is 36.4 Å². The van der Waals surface area contributed by atoms with Crippen LogP contribution in [0.4, 0.5) is 17.6 Å². The fraction of sp³-hybridized carbons (Fsp3) is 0.300. The Balaban J connectivity index is 0.000000370. The number of carbonyl (C=O) groups excluding carboxylic acids is 1. The number of fused-ring (bicyclic) bond motifs is 1. The number of benzene rings is 2. The number of carbonyl (C=O) groups is 2. The Morgan fingerprint density at radius 1 is 1.17 bits per heavy atom. The zero-order chi connectivity index (χ0) is 21.8. The smallest absolute Gasteiger partial charge is 0.475 e. The first kappa shape index (κ1) is 22.4. The van der Waals surface area contributed by atoms with Gasteiger partial charge in [-0.15, -0.1) is 0 Å². The minimum Gasteiger partial charge on any atom is -0.475 e. The number of alkyl halides is 3. The summed E-state index contributed by atoms with van der Waals surface area (Å²) in [5.74, 6) is -3.62. The van der Waals surface area contributed by atoms with Gasteiger partial charge in [-0.3, -0.25) is 4.79 Å². The van der Waals surface area contributed by atoms with Crippen molar-refractivity contribution in [2.75, 3.05) is 0 Å². The molecule has 2 aromatic rings. The van der Waals surface area contributed by atoms with Gasteiger partial charge in [-0.05, 0) is 42.2 Å². The minimum absolute atomic E-state index is 0.110. The minimum atomic E-state index is -5.08. The van der Waals surface area contributed by atoms with Crippen LogP contribution in [0.15, 0.2) is 48.5 Å². The molecule has 156 valence electrons. The predicted molar refractivity (Wildman–Crippen MR) is 97.5 cm³/mol. The van der Waals surface area contributed by atoms with E-state index in [1.54, 1.807) is 19.1 Å². The standard InChI is InChI=1S/C18H19FN2O.C2HF3O2/c1-11(12-6-4-7-14(19)9-12)18(22)21-16-10-13-5-2-3-8-15(13)17(16)20;3-2(4,5)1(6)7/h2-9,11,16-17H,10,20H2,1H3,(H,21,22);(H,6,7)/t11?,16-,17-;/m1./s1. The molecule has 1 unspecified atom stereocenters. The van der Waals surface area contributed by atoms with E-state index >= 15 is 0 Å². The second-order valence-corrected chi connectivity index (χ2v) is 6.62. The molecule has 0 aliphatic heterocycles. The quantitative estimate of drug-likeness (QED) is 0.675. The van der Waals surface area contributed by atoms with Crippen molar-refractivity contribution in [2.24, 2.45) is 5.73 Å². The molecule has 4 N–H and O–H groups in total. The number of nitrogens with one attached hydrogen (secondary N) is 1.